The number of anilines is 2. The number of nitrogens with one attached hydrogen (secondary N) is 1. The number of piperidine rings is 1. The molecule has 3 heterocycles. The van der Waals surface area contributed by atoms with E-state index < -0.39 is 0 Å². The van der Waals surface area contributed by atoms with Gasteiger partial charge in [0.2, 0.25) is 6.41 Å². The Labute approximate surface area is 464 Å². The Morgan fingerprint density at radius 1 is 0.934 bits per heavy atom. The summed E-state index contributed by atoms with van der Waals surface area (Å²) in [5, 5.41) is 2.25. The number of hydrogen-bond donors (Lipinski definition) is 2. The predicted octanol–water partition coefficient (Wildman–Crippen LogP) is 14.8. The number of Topliss-reactive ketones (excluding diaryl/α,β-unsaturated/α-hetero) is 1. The smallest absolute Gasteiger partial charge is 0.206 e. The number of aromatic nitrogens is 2. The number of nitrogen functional groups attached to an aromatic ring is 1. The maximum absolute atomic E-state index is 12.5. The van der Waals surface area contributed by atoms with E-state index in [4.69, 9.17) is 10.5 Å². The van der Waals surface area contributed by atoms with Gasteiger partial charge in [-0.1, -0.05) is 109 Å². The lowest BCUT2D eigenvalue weighted by Gasteiger charge is -2.40. The fraction of sp³-hybridized carbons (Fsp3) is 0.591. The fourth-order valence-corrected chi connectivity index (χ4v) is 10.4. The molecule has 76 heavy (non-hydrogen) atoms. The van der Waals surface area contributed by atoms with Crippen LogP contribution in [0.4, 0.5) is 11.5 Å². The molecule has 10 nitrogen and oxygen atoms in total. The summed E-state index contributed by atoms with van der Waals surface area (Å²) in [4.78, 5) is 48.6. The molecule has 0 spiro atoms. The van der Waals surface area contributed by atoms with Crippen LogP contribution in [0.15, 0.2) is 84.3 Å². The minimum absolute atomic E-state index is 0.238. The Morgan fingerprint density at radius 3 is 2.13 bits per heavy atom. The second-order valence-corrected chi connectivity index (χ2v) is 20.9. The second-order valence-electron chi connectivity index (χ2n) is 20.9. The van der Waals surface area contributed by atoms with Gasteiger partial charge in [0, 0.05) is 81.1 Å². The van der Waals surface area contributed by atoms with Crippen molar-refractivity contribution < 1.29 is 14.4 Å². The van der Waals surface area contributed by atoms with Crippen molar-refractivity contribution in [2.75, 3.05) is 58.0 Å². The van der Waals surface area contributed by atoms with E-state index in [0.29, 0.717) is 42.6 Å². The number of carbonyl (C=O) groups is 3. The van der Waals surface area contributed by atoms with E-state index in [-0.39, 0.29) is 5.78 Å². The highest BCUT2D eigenvalue weighted by Crippen LogP contribution is 2.40. The Bertz CT molecular complexity index is 2220. The molecule has 2 aliphatic rings. The topological polar surface area (TPSA) is 125 Å². The number of pyridine rings is 2. The largest absolute Gasteiger partial charge is 0.384 e. The molecule has 1 aliphatic carbocycles. The molecule has 1 amide bonds. The van der Waals surface area contributed by atoms with E-state index in [1.54, 1.807) is 19.5 Å². The monoisotopic (exact) mass is 1050 g/mol. The van der Waals surface area contributed by atoms with Crippen LogP contribution in [-0.2, 0) is 27.2 Å². The van der Waals surface area contributed by atoms with Crippen LogP contribution in [-0.4, -0.2) is 97.7 Å². The Kier molecular flexibility index (Phi) is 35.5. The van der Waals surface area contributed by atoms with Crippen molar-refractivity contribution in [1.29, 1.82) is 0 Å². The molecular weight excluding hydrogens is 939 g/mol. The minimum atomic E-state index is 0.238. The zero-order chi connectivity index (χ0) is 57.2. The summed E-state index contributed by atoms with van der Waals surface area (Å²) in [6.07, 6.45) is 30.1. The number of nitrogens with zero attached hydrogens (tertiary/aromatic N) is 5. The lowest BCUT2D eigenvalue weighted by molar-refractivity contribution is -0.114. The van der Waals surface area contributed by atoms with Crippen LogP contribution in [0.5, 0.6) is 0 Å². The molecule has 4 unspecified atom stereocenters. The highest BCUT2D eigenvalue weighted by Gasteiger charge is 2.32. The molecule has 4 atom stereocenters. The van der Waals surface area contributed by atoms with E-state index in [0.717, 1.165) is 77.3 Å². The van der Waals surface area contributed by atoms with Gasteiger partial charge in [0.05, 0.1) is 0 Å². The lowest BCUT2D eigenvalue weighted by Crippen LogP contribution is -2.41. The normalized spacial score (nSPS) is 15.8. The van der Waals surface area contributed by atoms with Crippen LogP contribution in [0.25, 0.3) is 17.2 Å². The number of hydrogen-bond acceptors (Lipinski definition) is 9. The number of aryl methyl sites for hydroxylation is 3. The summed E-state index contributed by atoms with van der Waals surface area (Å²) >= 11 is 0. The summed E-state index contributed by atoms with van der Waals surface area (Å²) < 4.78 is 0. The number of carbonyl (C=O) groups excluding carboxylic acids is 3. The number of likely N-dealkylation sites (tertiary alicyclic amines) is 1. The van der Waals surface area contributed by atoms with Crippen molar-refractivity contribution in [1.82, 2.24) is 25.1 Å². The molecule has 424 valence electrons. The first-order valence-corrected chi connectivity index (χ1v) is 29.2. The number of ketones is 1. The van der Waals surface area contributed by atoms with Gasteiger partial charge in [-0.25, -0.2) is 4.98 Å². The zero-order valence-corrected chi connectivity index (χ0v) is 50.9. The second kappa shape index (κ2) is 39.2. The summed E-state index contributed by atoms with van der Waals surface area (Å²) in [7, 11) is 5.59. The van der Waals surface area contributed by atoms with Crippen LogP contribution in [0.3, 0.4) is 0 Å². The Morgan fingerprint density at radius 2 is 1.62 bits per heavy atom. The summed E-state index contributed by atoms with van der Waals surface area (Å²) in [5.74, 6) is 2.56. The molecule has 3 aromatic rings. The van der Waals surface area contributed by atoms with Crippen LogP contribution in [0, 0.1) is 31.6 Å². The molecule has 1 fully saturated rings. The third-order valence-electron chi connectivity index (χ3n) is 15.2. The standard InChI is InChI=1S/C43H65N5O.C13H19NO.C6H12.C2H5NO.C2H6/c1-9-12-35(29-48(23-10-2)31(5)11-3)13-14-38-27-37(34(8)49)15-17-40(38)36-20-24-47(25-21-36)33(7)30(4)26-42-32(6)45-22-19-41(42)39-16-18-43(44)46-28-39;1-5-11-9-13(14(3)4)12(6-7-15)8-10(11)2;1-3-5-6-4-2;1-3-2-4;1-2/h15-19,22,26,28,31,33,35-36,38H,9-14,20-21,23-25,27,29H2,1-8H3,(H2,44,46);7-9H,5-6H2,1-4H3;3H,1,4-6H2,2H3;2H,1H3,(H,3,4);1-2H3/b30-26+;;;;. The van der Waals surface area contributed by atoms with E-state index in [2.05, 4.69) is 142 Å². The average Bonchev–Trinajstić information content (AvgIpc) is 3.43. The first kappa shape index (κ1) is 68.8. The van der Waals surface area contributed by atoms with Gasteiger partial charge in [0.15, 0.2) is 5.78 Å². The van der Waals surface area contributed by atoms with Gasteiger partial charge in [-0.15, -0.1) is 6.58 Å². The van der Waals surface area contributed by atoms with E-state index in [9.17, 15) is 9.59 Å². The molecule has 1 aliphatic heterocycles. The van der Waals surface area contributed by atoms with Crippen molar-refractivity contribution in [3.63, 3.8) is 0 Å². The highest BCUT2D eigenvalue weighted by molar-refractivity contribution is 5.94. The molecular formula is C66H107N7O3. The predicted molar refractivity (Wildman–Crippen MR) is 329 cm³/mol. The first-order valence-electron chi connectivity index (χ1n) is 29.2. The third-order valence-corrected chi connectivity index (χ3v) is 15.2. The highest BCUT2D eigenvalue weighted by atomic mass is 16.1. The van der Waals surface area contributed by atoms with Crippen LogP contribution < -0.4 is 16.0 Å². The molecule has 0 bridgehead atoms. The summed E-state index contributed by atoms with van der Waals surface area (Å²) in [5.41, 5.74) is 19.1. The number of nitrogens with two attached hydrogens (primary N) is 1. The van der Waals surface area contributed by atoms with Crippen molar-refractivity contribution in [3.8, 4) is 11.1 Å². The SMILES string of the molecule is C=CCCCC.CC.CCCC(CCC1CC(C(C)=O)=CC=C1C1CCN(C(C)/C(C)=C/c2c(-c3ccc(N)nc3)ccnc2C)CC1)CN(CCC)C(C)CC.CCc1cc(N(C)C)c(CC=O)cc1C.CNC=O. The lowest BCUT2D eigenvalue weighted by atomic mass is 9.73. The number of unbranched alkanes of at least 4 members (excludes halogenated alkanes) is 2. The molecule has 5 rings (SSSR count). The van der Waals surface area contributed by atoms with Crippen molar-refractivity contribution >= 4 is 36.1 Å². The number of amides is 1. The van der Waals surface area contributed by atoms with Gasteiger partial charge in [-0.05, 0) is 195 Å². The summed E-state index contributed by atoms with van der Waals surface area (Å²) in [6.45, 7) is 36.4. The van der Waals surface area contributed by atoms with Gasteiger partial charge in [-0.3, -0.25) is 19.5 Å². The minimum Gasteiger partial charge on any atom is -0.384 e. The molecule has 1 saturated heterocycles. The molecule has 0 radical (unpaired) electrons. The first-order chi connectivity index (χ1) is 36.5. The van der Waals surface area contributed by atoms with Gasteiger partial charge in [0.25, 0.3) is 0 Å². The van der Waals surface area contributed by atoms with E-state index in [1.165, 1.54) is 100 Å². The maximum atomic E-state index is 12.5. The van der Waals surface area contributed by atoms with Crippen molar-refractivity contribution in [2.24, 2.45) is 17.8 Å². The quantitative estimate of drug-likeness (QED) is 0.0485. The molecule has 2 aromatic heterocycles. The summed E-state index contributed by atoms with van der Waals surface area (Å²) in [6, 6.07) is 11.3. The van der Waals surface area contributed by atoms with E-state index >= 15 is 0 Å². The number of benzene rings is 1. The molecule has 0 saturated carbocycles. The van der Waals surface area contributed by atoms with Crippen LogP contribution in [0.2, 0.25) is 0 Å². The van der Waals surface area contributed by atoms with Gasteiger partial charge in [0.1, 0.15) is 12.1 Å². The number of allylic oxidation sites excluding steroid dienone is 5. The van der Waals surface area contributed by atoms with Crippen LogP contribution >= 0.6 is 0 Å². The maximum Gasteiger partial charge on any atom is 0.206 e. The fourth-order valence-electron chi connectivity index (χ4n) is 10.4. The number of aldehydes is 1. The molecule has 3 N–H and O–H groups in total. The Balaban J connectivity index is 0.000000873. The average molecular weight is 1050 g/mol. The van der Waals surface area contributed by atoms with Crippen molar-refractivity contribution in [3.05, 3.63) is 112 Å². The zero-order valence-electron chi connectivity index (χ0n) is 50.9. The molecule has 10 heteroatoms. The van der Waals surface area contributed by atoms with Gasteiger partial charge >= 0.3 is 0 Å². The number of rotatable bonds is 25. The van der Waals surface area contributed by atoms with Crippen LogP contribution in [0.1, 0.15) is 181 Å². The van der Waals surface area contributed by atoms with Gasteiger partial charge in [-0.2, -0.15) is 0 Å². The van der Waals surface area contributed by atoms with Crippen molar-refractivity contribution in [2.45, 2.75) is 192 Å². The van der Waals surface area contributed by atoms with Gasteiger partial charge < -0.3 is 25.6 Å². The Hall–Kier alpha value is -5.19. The van der Waals surface area contributed by atoms with E-state index in [1.807, 2.05) is 58.5 Å². The third kappa shape index (κ3) is 23.6. The molecule has 1 aromatic carbocycles.